The van der Waals surface area contributed by atoms with Crippen LogP contribution in [-0.2, 0) is 21.2 Å². The van der Waals surface area contributed by atoms with Crippen LogP contribution in [0.1, 0.15) is 48.8 Å². The van der Waals surface area contributed by atoms with Crippen LogP contribution >= 0.6 is 0 Å². The van der Waals surface area contributed by atoms with Crippen molar-refractivity contribution in [2.24, 2.45) is 0 Å². The summed E-state index contributed by atoms with van der Waals surface area (Å²) in [4.78, 5) is 10.8. The molecule has 0 unspecified atom stereocenters. The van der Waals surface area contributed by atoms with Crippen molar-refractivity contribution in [2.45, 2.75) is 57.3 Å². The van der Waals surface area contributed by atoms with E-state index in [-0.39, 0.29) is 11.3 Å². The van der Waals surface area contributed by atoms with Crippen LogP contribution in [0.2, 0.25) is 0 Å². The summed E-state index contributed by atoms with van der Waals surface area (Å²) in [5.74, 6) is -0.0777. The van der Waals surface area contributed by atoms with E-state index in [0.29, 0.717) is 17.9 Å². The van der Waals surface area contributed by atoms with E-state index in [1.165, 1.54) is 0 Å². The van der Waals surface area contributed by atoms with Crippen LogP contribution in [0.5, 0.6) is 5.75 Å². The van der Waals surface area contributed by atoms with Crippen molar-refractivity contribution in [2.75, 3.05) is 11.8 Å². The third-order valence-corrected chi connectivity index (χ3v) is 6.14. The third kappa shape index (κ3) is 6.78. The van der Waals surface area contributed by atoms with Crippen molar-refractivity contribution in [3.63, 3.8) is 0 Å². The van der Waals surface area contributed by atoms with Gasteiger partial charge in [0.2, 0.25) is 0 Å². The molecule has 0 saturated carbocycles. The lowest BCUT2D eigenvalue weighted by Crippen LogP contribution is -2.15. The number of aryl methyl sites for hydroxylation is 3. The minimum Gasteiger partial charge on any atom is -0.497 e. The van der Waals surface area contributed by atoms with Gasteiger partial charge in [-0.2, -0.15) is 0 Å². The number of rotatable bonds is 11. The molecule has 2 aromatic carbocycles. The largest absolute Gasteiger partial charge is 0.497 e. The van der Waals surface area contributed by atoms with Crippen molar-refractivity contribution in [1.29, 1.82) is 0 Å². The molecule has 0 fully saturated rings. The number of hydrogen-bond donors (Lipinski definition) is 2. The molecule has 2 rings (SSSR count). The zero-order valence-corrected chi connectivity index (χ0v) is 18.0. The fourth-order valence-corrected chi connectivity index (χ4v) is 4.50. The molecule has 0 aliphatic carbocycles. The first kappa shape index (κ1) is 22.7. The second-order valence-electron chi connectivity index (χ2n) is 7.20. The van der Waals surface area contributed by atoms with Crippen LogP contribution in [0.25, 0.3) is 0 Å². The van der Waals surface area contributed by atoms with E-state index in [2.05, 4.69) is 4.72 Å². The average molecular weight is 420 g/mol. The molecule has 0 bridgehead atoms. The highest BCUT2D eigenvalue weighted by atomic mass is 32.2. The second-order valence-corrected chi connectivity index (χ2v) is 8.88. The molecule has 0 heterocycles. The van der Waals surface area contributed by atoms with Gasteiger partial charge in [0.15, 0.2) is 0 Å². The number of unbranched alkanes of at least 4 members (excludes halogenated alkanes) is 3. The number of nitrogens with one attached hydrogen (secondary N) is 1. The Morgan fingerprint density at radius 1 is 1.03 bits per heavy atom. The Labute approximate surface area is 173 Å². The average Bonchev–Trinajstić information content (AvgIpc) is 2.67. The summed E-state index contributed by atoms with van der Waals surface area (Å²) >= 11 is 0. The third-order valence-electron chi connectivity index (χ3n) is 4.79. The highest BCUT2D eigenvalue weighted by molar-refractivity contribution is 7.92. The highest BCUT2D eigenvalue weighted by Gasteiger charge is 2.17. The number of methoxy groups -OCH3 is 1. The Morgan fingerprint density at radius 3 is 2.31 bits per heavy atom. The number of carboxylic acid groups (broad SMARTS) is 1. The summed E-state index contributed by atoms with van der Waals surface area (Å²) in [6, 6.07) is 10.6. The maximum absolute atomic E-state index is 12.9. The molecular formula is C22H29NO5S. The van der Waals surface area contributed by atoms with Crippen LogP contribution < -0.4 is 9.46 Å². The minimum absolute atomic E-state index is 0.198. The van der Waals surface area contributed by atoms with Crippen LogP contribution in [0.3, 0.4) is 0 Å². The Bertz CT molecular complexity index is 930. The molecule has 0 saturated heterocycles. The molecule has 29 heavy (non-hydrogen) atoms. The lowest BCUT2D eigenvalue weighted by atomic mass is 10.1. The quantitative estimate of drug-likeness (QED) is 0.516. The first-order valence-corrected chi connectivity index (χ1v) is 11.2. The molecule has 6 nitrogen and oxygen atoms in total. The van der Waals surface area contributed by atoms with Crippen molar-refractivity contribution in [1.82, 2.24) is 0 Å². The van der Waals surface area contributed by atoms with E-state index in [0.717, 1.165) is 42.4 Å². The van der Waals surface area contributed by atoms with E-state index in [4.69, 9.17) is 9.84 Å². The molecule has 0 radical (unpaired) electrons. The molecule has 0 aromatic heterocycles. The van der Waals surface area contributed by atoms with Crippen molar-refractivity contribution < 1.29 is 23.1 Å². The summed E-state index contributed by atoms with van der Waals surface area (Å²) < 4.78 is 33.7. The molecule has 0 spiro atoms. The first-order valence-electron chi connectivity index (χ1n) is 9.71. The summed E-state index contributed by atoms with van der Waals surface area (Å²) in [5, 5.41) is 8.65. The Morgan fingerprint density at radius 2 is 1.69 bits per heavy atom. The molecule has 2 aromatic rings. The van der Waals surface area contributed by atoms with Gasteiger partial charge in [-0.15, -0.1) is 0 Å². The monoisotopic (exact) mass is 419 g/mol. The number of hydrogen-bond acceptors (Lipinski definition) is 4. The van der Waals surface area contributed by atoms with Gasteiger partial charge in [0, 0.05) is 6.42 Å². The molecule has 2 N–H and O–H groups in total. The van der Waals surface area contributed by atoms with Gasteiger partial charge in [-0.3, -0.25) is 9.52 Å². The van der Waals surface area contributed by atoms with Gasteiger partial charge in [0.1, 0.15) is 5.75 Å². The Balaban J connectivity index is 2.04. The van der Waals surface area contributed by atoms with Gasteiger partial charge >= 0.3 is 5.97 Å². The van der Waals surface area contributed by atoms with Crippen molar-refractivity contribution >= 4 is 21.7 Å². The normalized spacial score (nSPS) is 11.3. The van der Waals surface area contributed by atoms with Gasteiger partial charge in [-0.25, -0.2) is 8.42 Å². The smallest absolute Gasteiger partial charge is 0.303 e. The predicted molar refractivity (Wildman–Crippen MR) is 114 cm³/mol. The van der Waals surface area contributed by atoms with E-state index in [1.54, 1.807) is 37.4 Å². The molecule has 0 aliphatic heterocycles. The highest BCUT2D eigenvalue weighted by Crippen LogP contribution is 2.28. The van der Waals surface area contributed by atoms with Crippen LogP contribution in [0, 0.1) is 13.8 Å². The zero-order valence-electron chi connectivity index (χ0n) is 17.2. The lowest BCUT2D eigenvalue weighted by molar-refractivity contribution is -0.137. The van der Waals surface area contributed by atoms with E-state index in [9.17, 15) is 13.2 Å². The number of carboxylic acids is 1. The van der Waals surface area contributed by atoms with Crippen LogP contribution in [0.4, 0.5) is 5.69 Å². The standard InChI is InChI=1S/C22H29NO5S/c1-16-13-19(28-3)14-17(2)22(16)23-29(26,27)20-11-8-10-18(15-20)9-6-4-5-7-12-21(24)25/h8,10-11,13-15,23H,4-7,9,12H2,1-3H3,(H,24,25). The summed E-state index contributed by atoms with van der Waals surface area (Å²) in [6.45, 7) is 3.68. The fraction of sp³-hybridized carbons (Fsp3) is 0.409. The molecule has 158 valence electrons. The maximum Gasteiger partial charge on any atom is 0.303 e. The van der Waals surface area contributed by atoms with E-state index >= 15 is 0 Å². The van der Waals surface area contributed by atoms with E-state index in [1.807, 2.05) is 19.9 Å². The second kappa shape index (κ2) is 10.3. The van der Waals surface area contributed by atoms with Gasteiger partial charge in [0.25, 0.3) is 10.0 Å². The molecule has 0 atom stereocenters. The summed E-state index contributed by atoms with van der Waals surface area (Å²) in [6.07, 6.45) is 4.32. The number of sulfonamides is 1. The maximum atomic E-state index is 12.9. The molecular weight excluding hydrogens is 390 g/mol. The Kier molecular flexibility index (Phi) is 8.08. The molecule has 0 amide bonds. The zero-order chi connectivity index (χ0) is 21.4. The van der Waals surface area contributed by atoms with Crippen molar-refractivity contribution in [3.05, 3.63) is 53.1 Å². The van der Waals surface area contributed by atoms with Gasteiger partial charge < -0.3 is 9.84 Å². The summed E-state index contributed by atoms with van der Waals surface area (Å²) in [7, 11) is -2.13. The number of ether oxygens (including phenoxy) is 1. The molecule has 7 heteroatoms. The fourth-order valence-electron chi connectivity index (χ4n) is 3.22. The number of carbonyl (C=O) groups is 1. The first-order chi connectivity index (χ1) is 13.7. The van der Waals surface area contributed by atoms with E-state index < -0.39 is 16.0 Å². The van der Waals surface area contributed by atoms with Crippen LogP contribution in [0.15, 0.2) is 41.3 Å². The minimum atomic E-state index is -3.71. The predicted octanol–water partition coefficient (Wildman–Crippen LogP) is 4.69. The van der Waals surface area contributed by atoms with Gasteiger partial charge in [-0.05, 0) is 74.1 Å². The lowest BCUT2D eigenvalue weighted by Gasteiger charge is -2.15. The number of anilines is 1. The number of benzene rings is 2. The van der Waals surface area contributed by atoms with Crippen LogP contribution in [-0.4, -0.2) is 26.6 Å². The van der Waals surface area contributed by atoms with Gasteiger partial charge in [-0.1, -0.05) is 25.0 Å². The number of aliphatic carboxylic acids is 1. The SMILES string of the molecule is COc1cc(C)c(NS(=O)(=O)c2cccc(CCCCCCC(=O)O)c2)c(C)c1. The Hall–Kier alpha value is -2.54. The topological polar surface area (TPSA) is 92.7 Å². The molecule has 0 aliphatic rings. The van der Waals surface area contributed by atoms with Gasteiger partial charge in [0.05, 0.1) is 17.7 Å². The van der Waals surface area contributed by atoms with Crippen molar-refractivity contribution in [3.8, 4) is 5.75 Å². The summed E-state index contributed by atoms with van der Waals surface area (Å²) in [5.41, 5.74) is 3.11.